The second-order valence-corrected chi connectivity index (χ2v) is 8.10. The molecule has 25 heavy (non-hydrogen) atoms. The Bertz CT molecular complexity index is 745. The van der Waals surface area contributed by atoms with Gasteiger partial charge in [0, 0.05) is 32.4 Å². The number of carbonyl (C=O) groups excluding carboxylic acids is 1. The van der Waals surface area contributed by atoms with Gasteiger partial charge in [0.05, 0.1) is 0 Å². The molecule has 0 saturated heterocycles. The normalized spacial score (nSPS) is 19.1. The van der Waals surface area contributed by atoms with Crippen LogP contribution in [0, 0.1) is 5.41 Å². The molecule has 1 aliphatic carbocycles. The van der Waals surface area contributed by atoms with Crippen molar-refractivity contribution in [2.24, 2.45) is 5.41 Å². The largest absolute Gasteiger partial charge is 0.353 e. The van der Waals surface area contributed by atoms with E-state index >= 15 is 0 Å². The summed E-state index contributed by atoms with van der Waals surface area (Å²) in [5, 5.41) is 3.72. The van der Waals surface area contributed by atoms with Gasteiger partial charge in [-0.2, -0.15) is 0 Å². The zero-order chi connectivity index (χ0) is 18.0. The van der Waals surface area contributed by atoms with Gasteiger partial charge in [0.2, 0.25) is 0 Å². The number of carbonyl (C=O) groups is 1. The van der Waals surface area contributed by atoms with Crippen LogP contribution in [0.5, 0.6) is 0 Å². The molecule has 1 aromatic carbocycles. The quantitative estimate of drug-likeness (QED) is 0.830. The highest BCUT2D eigenvalue weighted by Crippen LogP contribution is 2.39. The van der Waals surface area contributed by atoms with Crippen molar-refractivity contribution in [3.05, 3.63) is 58.9 Å². The van der Waals surface area contributed by atoms with Crippen LogP contribution >= 0.6 is 0 Å². The molecule has 4 heteroatoms. The lowest BCUT2D eigenvalue weighted by Crippen LogP contribution is -2.26. The van der Waals surface area contributed by atoms with E-state index in [1.807, 2.05) is 12.1 Å². The van der Waals surface area contributed by atoms with Crippen molar-refractivity contribution in [1.29, 1.82) is 0 Å². The van der Waals surface area contributed by atoms with E-state index in [1.165, 1.54) is 17.5 Å². The van der Waals surface area contributed by atoms with Crippen molar-refractivity contribution in [2.45, 2.75) is 45.7 Å². The van der Waals surface area contributed by atoms with E-state index in [1.54, 1.807) is 19.0 Å². The molecule has 1 amide bonds. The molecule has 0 unspecified atom stereocenters. The molecular weight excluding hydrogens is 310 g/mol. The van der Waals surface area contributed by atoms with Crippen LogP contribution in [0.25, 0.3) is 0 Å². The van der Waals surface area contributed by atoms with E-state index in [4.69, 9.17) is 0 Å². The second kappa shape index (κ2) is 7.04. The Morgan fingerprint density at radius 3 is 2.76 bits per heavy atom. The molecule has 2 N–H and O–H groups in total. The number of aromatic nitrogens is 1. The van der Waals surface area contributed by atoms with Crippen LogP contribution in [0.15, 0.2) is 36.4 Å². The molecule has 0 spiro atoms. The third-order valence-electron chi connectivity index (χ3n) is 5.18. The van der Waals surface area contributed by atoms with Gasteiger partial charge >= 0.3 is 0 Å². The summed E-state index contributed by atoms with van der Waals surface area (Å²) in [6, 6.07) is 13.0. The Balaban J connectivity index is 1.74. The fourth-order valence-corrected chi connectivity index (χ4v) is 3.66. The van der Waals surface area contributed by atoms with Crippen LogP contribution in [0.2, 0.25) is 0 Å². The molecular formula is C21H29N3O. The number of rotatable bonds is 4. The third kappa shape index (κ3) is 4.13. The topological polar surface area (TPSA) is 48.1 Å². The first-order chi connectivity index (χ1) is 11.9. The molecule has 1 atom stereocenters. The Morgan fingerprint density at radius 1 is 1.24 bits per heavy atom. The van der Waals surface area contributed by atoms with E-state index in [2.05, 4.69) is 48.4 Å². The Hall–Kier alpha value is -2.07. The van der Waals surface area contributed by atoms with Crippen molar-refractivity contribution in [3.8, 4) is 0 Å². The molecule has 1 aromatic heterocycles. The van der Waals surface area contributed by atoms with Gasteiger partial charge in [-0.15, -0.1) is 0 Å². The van der Waals surface area contributed by atoms with Crippen molar-refractivity contribution in [1.82, 2.24) is 15.2 Å². The molecule has 0 bridgehead atoms. The molecule has 134 valence electrons. The summed E-state index contributed by atoms with van der Waals surface area (Å²) in [4.78, 5) is 16.9. The minimum Gasteiger partial charge on any atom is -0.353 e. The van der Waals surface area contributed by atoms with Crippen LogP contribution in [0.3, 0.4) is 0 Å². The van der Waals surface area contributed by atoms with Crippen LogP contribution in [-0.2, 0) is 13.0 Å². The van der Waals surface area contributed by atoms with E-state index in [0.29, 0.717) is 17.2 Å². The smallest absolute Gasteiger partial charge is 0.269 e. The lowest BCUT2D eigenvalue weighted by atomic mass is 9.83. The minimum atomic E-state index is 0.00666. The monoisotopic (exact) mass is 339 g/mol. The number of hydrogen-bond donors (Lipinski definition) is 2. The molecule has 1 aliphatic rings. The van der Waals surface area contributed by atoms with Crippen LogP contribution in [0.1, 0.15) is 60.0 Å². The standard InChI is InChI=1S/C21H29N3O/c1-21(2)12-11-15-7-5-6-8-17(15)19(13-21)22-14-16-9-10-18(23-16)20(25)24(3)4/h5-10,19,22-23H,11-14H2,1-4H3/t19-/m1/s1. The van der Waals surface area contributed by atoms with E-state index < -0.39 is 0 Å². The zero-order valence-electron chi connectivity index (χ0n) is 15.7. The molecule has 0 aliphatic heterocycles. The summed E-state index contributed by atoms with van der Waals surface area (Å²) in [6.45, 7) is 5.45. The molecule has 3 rings (SSSR count). The number of fused-ring (bicyclic) bond motifs is 1. The predicted molar refractivity (Wildman–Crippen MR) is 102 cm³/mol. The van der Waals surface area contributed by atoms with Gasteiger partial charge in [0.15, 0.2) is 0 Å². The van der Waals surface area contributed by atoms with Gasteiger partial charge in [-0.05, 0) is 47.9 Å². The van der Waals surface area contributed by atoms with Crippen LogP contribution in [0.4, 0.5) is 0 Å². The number of H-pyrrole nitrogens is 1. The Labute approximate surface area is 150 Å². The van der Waals surface area contributed by atoms with Gasteiger partial charge in [0.1, 0.15) is 5.69 Å². The molecule has 0 saturated carbocycles. The van der Waals surface area contributed by atoms with Crippen LogP contribution in [-0.4, -0.2) is 29.9 Å². The summed E-state index contributed by atoms with van der Waals surface area (Å²) in [5.74, 6) is 0.00666. The Morgan fingerprint density at radius 2 is 2.00 bits per heavy atom. The first-order valence-corrected chi connectivity index (χ1v) is 9.06. The fourth-order valence-electron chi connectivity index (χ4n) is 3.66. The zero-order valence-corrected chi connectivity index (χ0v) is 15.7. The van der Waals surface area contributed by atoms with Gasteiger partial charge in [0.25, 0.3) is 5.91 Å². The predicted octanol–water partition coefficient (Wildman–Crippen LogP) is 3.91. The minimum absolute atomic E-state index is 0.00666. The lowest BCUT2D eigenvalue weighted by molar-refractivity contribution is 0.0822. The molecule has 2 aromatic rings. The van der Waals surface area contributed by atoms with Crippen molar-refractivity contribution >= 4 is 5.91 Å². The fraction of sp³-hybridized carbons (Fsp3) is 0.476. The van der Waals surface area contributed by atoms with Crippen molar-refractivity contribution in [2.75, 3.05) is 14.1 Å². The number of nitrogens with zero attached hydrogens (tertiary/aromatic N) is 1. The number of aryl methyl sites for hydroxylation is 1. The number of amides is 1. The van der Waals surface area contributed by atoms with Crippen LogP contribution < -0.4 is 5.32 Å². The van der Waals surface area contributed by atoms with Gasteiger partial charge in [-0.3, -0.25) is 4.79 Å². The maximum Gasteiger partial charge on any atom is 0.269 e. The number of aromatic amines is 1. The van der Waals surface area contributed by atoms with Gasteiger partial charge < -0.3 is 15.2 Å². The van der Waals surface area contributed by atoms with E-state index in [-0.39, 0.29) is 5.91 Å². The number of nitrogens with one attached hydrogen (secondary N) is 2. The highest BCUT2D eigenvalue weighted by molar-refractivity contribution is 5.92. The lowest BCUT2D eigenvalue weighted by Gasteiger charge is -2.27. The average molecular weight is 339 g/mol. The third-order valence-corrected chi connectivity index (χ3v) is 5.18. The average Bonchev–Trinajstić information content (AvgIpc) is 3.00. The van der Waals surface area contributed by atoms with E-state index in [9.17, 15) is 4.79 Å². The van der Waals surface area contributed by atoms with Crippen molar-refractivity contribution in [3.63, 3.8) is 0 Å². The summed E-state index contributed by atoms with van der Waals surface area (Å²) in [7, 11) is 3.54. The van der Waals surface area contributed by atoms with Crippen molar-refractivity contribution < 1.29 is 4.79 Å². The van der Waals surface area contributed by atoms with Gasteiger partial charge in [-0.25, -0.2) is 0 Å². The maximum atomic E-state index is 12.0. The summed E-state index contributed by atoms with van der Waals surface area (Å²) < 4.78 is 0. The van der Waals surface area contributed by atoms with E-state index in [0.717, 1.165) is 25.1 Å². The molecule has 4 nitrogen and oxygen atoms in total. The first kappa shape index (κ1) is 17.7. The first-order valence-electron chi connectivity index (χ1n) is 9.06. The summed E-state index contributed by atoms with van der Waals surface area (Å²) in [6.07, 6.45) is 3.48. The SMILES string of the molecule is CN(C)C(=O)c1ccc(CN[C@@H]2CC(C)(C)CCc3ccccc32)[nH]1. The summed E-state index contributed by atoms with van der Waals surface area (Å²) >= 11 is 0. The number of hydrogen-bond acceptors (Lipinski definition) is 2. The molecule has 1 heterocycles. The molecule has 0 fully saturated rings. The number of benzene rings is 1. The highest BCUT2D eigenvalue weighted by atomic mass is 16.2. The van der Waals surface area contributed by atoms with Gasteiger partial charge in [-0.1, -0.05) is 38.1 Å². The highest BCUT2D eigenvalue weighted by Gasteiger charge is 2.29. The summed E-state index contributed by atoms with van der Waals surface area (Å²) in [5.41, 5.74) is 4.89. The maximum absolute atomic E-state index is 12.0. The molecule has 0 radical (unpaired) electrons. The Kier molecular flexibility index (Phi) is 5.00. The second-order valence-electron chi connectivity index (χ2n) is 8.10.